The van der Waals surface area contributed by atoms with E-state index >= 15 is 0 Å². The number of aromatic nitrogens is 1. The van der Waals surface area contributed by atoms with E-state index in [2.05, 4.69) is 9.88 Å². The van der Waals surface area contributed by atoms with Crippen LogP contribution in [0.1, 0.15) is 25.5 Å². The maximum Gasteiger partial charge on any atom is 0.317 e. The van der Waals surface area contributed by atoms with Crippen molar-refractivity contribution in [1.82, 2.24) is 9.88 Å². The highest BCUT2D eigenvalue weighted by molar-refractivity contribution is 5.97. The standard InChI is InChI=1S/C19H24N4O4/c1-3-21(12-18(24)25)14-7-9-22(10-8-14)17-11-13(2)20-19-15(17)5-4-6-16(19)23(26)27/h4-6,11,14H,3,7-10,12H2,1-2H3,(H,24,25). The first-order valence-corrected chi connectivity index (χ1v) is 9.16. The Morgan fingerprint density at radius 2 is 2.11 bits per heavy atom. The molecule has 0 saturated carbocycles. The van der Waals surface area contributed by atoms with Gasteiger partial charge in [-0.15, -0.1) is 0 Å². The van der Waals surface area contributed by atoms with E-state index in [1.165, 1.54) is 6.07 Å². The first-order valence-electron chi connectivity index (χ1n) is 9.16. The number of non-ortho nitro benzene ring substituents is 1. The van der Waals surface area contributed by atoms with E-state index < -0.39 is 10.9 Å². The zero-order valence-corrected chi connectivity index (χ0v) is 15.6. The lowest BCUT2D eigenvalue weighted by atomic mass is 10.0. The van der Waals surface area contributed by atoms with E-state index in [0.717, 1.165) is 42.7 Å². The minimum Gasteiger partial charge on any atom is -0.480 e. The van der Waals surface area contributed by atoms with E-state index in [-0.39, 0.29) is 18.3 Å². The number of pyridine rings is 1. The van der Waals surface area contributed by atoms with Crippen molar-refractivity contribution in [3.63, 3.8) is 0 Å². The zero-order chi connectivity index (χ0) is 19.6. The number of anilines is 1. The summed E-state index contributed by atoms with van der Waals surface area (Å²) in [5, 5.41) is 21.2. The molecule has 0 amide bonds. The lowest BCUT2D eigenvalue weighted by Crippen LogP contribution is -2.46. The predicted octanol–water partition coefficient (Wildman–Crippen LogP) is 2.83. The van der Waals surface area contributed by atoms with Crippen molar-refractivity contribution in [3.8, 4) is 0 Å². The lowest BCUT2D eigenvalue weighted by Gasteiger charge is -2.38. The van der Waals surface area contributed by atoms with Crippen LogP contribution in [-0.2, 0) is 4.79 Å². The molecule has 1 aromatic carbocycles. The highest BCUT2D eigenvalue weighted by Crippen LogP contribution is 2.33. The third-order valence-corrected chi connectivity index (χ3v) is 5.19. The Morgan fingerprint density at radius 1 is 1.41 bits per heavy atom. The van der Waals surface area contributed by atoms with Crippen LogP contribution >= 0.6 is 0 Å². The number of rotatable bonds is 6. The minimum atomic E-state index is -0.803. The van der Waals surface area contributed by atoms with E-state index in [0.29, 0.717) is 12.1 Å². The SMILES string of the molecule is CCN(CC(=O)O)C1CCN(c2cc(C)nc3c([N+](=O)[O-])cccc23)CC1. The van der Waals surface area contributed by atoms with E-state index in [1.54, 1.807) is 6.07 Å². The maximum absolute atomic E-state index is 11.4. The first-order chi connectivity index (χ1) is 12.9. The zero-order valence-electron chi connectivity index (χ0n) is 15.6. The van der Waals surface area contributed by atoms with Crippen LogP contribution in [-0.4, -0.2) is 58.1 Å². The number of aryl methyl sites for hydroxylation is 1. The second kappa shape index (κ2) is 7.87. The molecule has 144 valence electrons. The molecule has 8 nitrogen and oxygen atoms in total. The number of piperidine rings is 1. The van der Waals surface area contributed by atoms with Crippen molar-refractivity contribution in [1.29, 1.82) is 0 Å². The Kier molecular flexibility index (Phi) is 5.55. The van der Waals surface area contributed by atoms with Crippen LogP contribution in [0.4, 0.5) is 11.4 Å². The van der Waals surface area contributed by atoms with Crippen LogP contribution in [0.15, 0.2) is 24.3 Å². The number of nitro groups is 1. The summed E-state index contributed by atoms with van der Waals surface area (Å²) in [6.07, 6.45) is 1.72. The second-order valence-electron chi connectivity index (χ2n) is 6.89. The number of hydrogen-bond donors (Lipinski definition) is 1. The summed E-state index contributed by atoms with van der Waals surface area (Å²) in [4.78, 5) is 30.6. The molecule has 1 aliphatic heterocycles. The molecule has 2 aromatic rings. The quantitative estimate of drug-likeness (QED) is 0.615. The summed E-state index contributed by atoms with van der Waals surface area (Å²) in [6, 6.07) is 7.26. The number of carbonyl (C=O) groups is 1. The van der Waals surface area contributed by atoms with Gasteiger partial charge in [-0.1, -0.05) is 19.1 Å². The molecule has 0 spiro atoms. The highest BCUT2D eigenvalue weighted by Gasteiger charge is 2.27. The van der Waals surface area contributed by atoms with Crippen molar-refractivity contribution in [2.45, 2.75) is 32.7 Å². The Bertz CT molecular complexity index is 862. The van der Waals surface area contributed by atoms with Gasteiger partial charge in [0.2, 0.25) is 0 Å². The number of carboxylic acid groups (broad SMARTS) is 1. The van der Waals surface area contributed by atoms with Crippen LogP contribution < -0.4 is 4.90 Å². The fraction of sp³-hybridized carbons (Fsp3) is 0.474. The predicted molar refractivity (Wildman–Crippen MR) is 103 cm³/mol. The van der Waals surface area contributed by atoms with Gasteiger partial charge >= 0.3 is 5.97 Å². The molecule has 1 aromatic heterocycles. The van der Waals surface area contributed by atoms with Gasteiger partial charge in [-0.25, -0.2) is 4.98 Å². The highest BCUT2D eigenvalue weighted by atomic mass is 16.6. The van der Waals surface area contributed by atoms with Crippen molar-refractivity contribution < 1.29 is 14.8 Å². The monoisotopic (exact) mass is 372 g/mol. The lowest BCUT2D eigenvalue weighted by molar-refractivity contribution is -0.383. The molecular formula is C19H24N4O4. The molecule has 0 aliphatic carbocycles. The normalized spacial score (nSPS) is 15.4. The van der Waals surface area contributed by atoms with Crippen LogP contribution in [0.2, 0.25) is 0 Å². The average molecular weight is 372 g/mol. The molecule has 27 heavy (non-hydrogen) atoms. The van der Waals surface area contributed by atoms with Gasteiger partial charge in [-0.3, -0.25) is 19.8 Å². The topological polar surface area (TPSA) is 99.8 Å². The Balaban J connectivity index is 1.86. The van der Waals surface area contributed by atoms with Crippen molar-refractivity contribution >= 4 is 28.2 Å². The molecule has 0 atom stereocenters. The molecule has 1 aliphatic rings. The summed E-state index contributed by atoms with van der Waals surface area (Å²) in [6.45, 7) is 6.15. The van der Waals surface area contributed by atoms with Crippen LogP contribution in [0.5, 0.6) is 0 Å². The smallest absolute Gasteiger partial charge is 0.317 e. The van der Waals surface area contributed by atoms with Gasteiger partial charge in [0.25, 0.3) is 5.69 Å². The number of carboxylic acids is 1. The third-order valence-electron chi connectivity index (χ3n) is 5.19. The van der Waals surface area contributed by atoms with Gasteiger partial charge in [0.05, 0.1) is 11.5 Å². The molecular weight excluding hydrogens is 348 g/mol. The second-order valence-corrected chi connectivity index (χ2v) is 6.89. The average Bonchev–Trinajstić information content (AvgIpc) is 2.64. The first kappa shape index (κ1) is 19.0. The van der Waals surface area contributed by atoms with Crippen LogP contribution in [0.25, 0.3) is 10.9 Å². The van der Waals surface area contributed by atoms with Crippen LogP contribution in [0.3, 0.4) is 0 Å². The van der Waals surface area contributed by atoms with E-state index in [1.807, 2.05) is 30.9 Å². The van der Waals surface area contributed by atoms with Crippen LogP contribution in [0, 0.1) is 17.0 Å². The molecule has 2 heterocycles. The summed E-state index contributed by atoms with van der Waals surface area (Å²) in [7, 11) is 0. The number of hydrogen-bond acceptors (Lipinski definition) is 6. The van der Waals surface area contributed by atoms with Gasteiger partial charge in [0.15, 0.2) is 5.52 Å². The summed E-state index contributed by atoms with van der Waals surface area (Å²) >= 11 is 0. The van der Waals surface area contributed by atoms with Gasteiger partial charge in [0, 0.05) is 42.0 Å². The van der Waals surface area contributed by atoms with Crippen molar-refractivity contribution in [3.05, 3.63) is 40.1 Å². The van der Waals surface area contributed by atoms with Crippen molar-refractivity contribution in [2.24, 2.45) is 0 Å². The summed E-state index contributed by atoms with van der Waals surface area (Å²) in [5.74, 6) is -0.803. The maximum atomic E-state index is 11.4. The fourth-order valence-corrected chi connectivity index (χ4v) is 3.89. The number of nitro benzene ring substituents is 1. The van der Waals surface area contributed by atoms with Gasteiger partial charge < -0.3 is 10.0 Å². The molecule has 1 fully saturated rings. The molecule has 1 saturated heterocycles. The van der Waals surface area contributed by atoms with Gasteiger partial charge in [0.1, 0.15) is 0 Å². The molecule has 0 bridgehead atoms. The summed E-state index contributed by atoms with van der Waals surface area (Å²) in [5.41, 5.74) is 2.14. The Labute approximate surface area is 157 Å². The molecule has 0 radical (unpaired) electrons. The van der Waals surface area contributed by atoms with Crippen molar-refractivity contribution in [2.75, 3.05) is 31.1 Å². The number of para-hydroxylation sites is 1. The largest absolute Gasteiger partial charge is 0.480 e. The molecule has 8 heteroatoms. The van der Waals surface area contributed by atoms with Gasteiger partial charge in [-0.2, -0.15) is 0 Å². The number of likely N-dealkylation sites (N-methyl/N-ethyl adjacent to an activating group) is 1. The molecule has 0 unspecified atom stereocenters. The third kappa shape index (κ3) is 4.00. The Hall–Kier alpha value is -2.74. The number of fused-ring (bicyclic) bond motifs is 1. The van der Waals surface area contributed by atoms with E-state index in [4.69, 9.17) is 5.11 Å². The van der Waals surface area contributed by atoms with Gasteiger partial charge in [-0.05, 0) is 32.4 Å². The number of aliphatic carboxylic acids is 1. The molecule has 1 N–H and O–H groups in total. The molecule has 3 rings (SSSR count). The number of nitrogens with zero attached hydrogens (tertiary/aromatic N) is 4. The summed E-state index contributed by atoms with van der Waals surface area (Å²) < 4.78 is 0. The fourth-order valence-electron chi connectivity index (χ4n) is 3.89. The number of benzene rings is 1. The minimum absolute atomic E-state index is 0.0194. The van der Waals surface area contributed by atoms with E-state index in [9.17, 15) is 14.9 Å². The Morgan fingerprint density at radius 3 is 2.70 bits per heavy atom.